The van der Waals surface area contributed by atoms with Crippen LogP contribution in [0, 0.1) is 0 Å². The number of hydrogen-bond donors (Lipinski definition) is 2. The Morgan fingerprint density at radius 2 is 1.26 bits per heavy atom. The largest absolute Gasteiger partial charge is 0.328 e. The quantitative estimate of drug-likeness (QED) is 0.0748. The van der Waals surface area contributed by atoms with Gasteiger partial charge in [-0.05, 0) is 28.7 Å². The molecule has 212 valence electrons. The van der Waals surface area contributed by atoms with Gasteiger partial charge in [-0.3, -0.25) is 4.28 Å². The molecule has 2 aromatic rings. The van der Waals surface area contributed by atoms with E-state index in [0.29, 0.717) is 25.2 Å². The molecule has 6 nitrogen and oxygen atoms in total. The van der Waals surface area contributed by atoms with Crippen molar-refractivity contribution in [2.75, 3.05) is 5.75 Å². The molecule has 0 aromatic heterocycles. The molecule has 11 heteroatoms. The van der Waals surface area contributed by atoms with Crippen LogP contribution >= 0.6 is 24.7 Å². The Kier molecular flexibility index (Phi) is 15.3. The van der Waals surface area contributed by atoms with E-state index in [2.05, 4.69) is 21.5 Å². The first kappa shape index (κ1) is 32.6. The van der Waals surface area contributed by atoms with E-state index in [1.807, 2.05) is 62.4 Å². The van der Waals surface area contributed by atoms with Crippen molar-refractivity contribution in [3.05, 3.63) is 70.8 Å². The lowest BCUT2D eigenvalue weighted by atomic mass is 9.84. The molecule has 0 aliphatic rings. The molecule has 0 radical (unpaired) electrons. The Hall–Kier alpha value is -1.66. The molecular formula is C27H39F2N3O3S3. The van der Waals surface area contributed by atoms with E-state index in [1.165, 1.54) is 0 Å². The number of unbranched alkanes of at least 4 members (excludes halogenated alkanes) is 5. The summed E-state index contributed by atoms with van der Waals surface area (Å²) in [5.74, 6) is -0.548. The summed E-state index contributed by atoms with van der Waals surface area (Å²) in [5.41, 5.74) is 4.29. The zero-order chi connectivity index (χ0) is 27.8. The Morgan fingerprint density at radius 3 is 1.71 bits per heavy atom. The number of benzene rings is 2. The van der Waals surface area contributed by atoms with Crippen LogP contribution in [-0.4, -0.2) is 19.9 Å². The minimum Gasteiger partial charge on any atom is -0.268 e. The topological polar surface area (TPSA) is 79.8 Å². The number of rotatable bonds is 19. The van der Waals surface area contributed by atoms with E-state index in [9.17, 15) is 16.2 Å². The molecule has 0 spiro atoms. The van der Waals surface area contributed by atoms with E-state index in [0.717, 1.165) is 54.4 Å². The summed E-state index contributed by atoms with van der Waals surface area (Å²) in [4.78, 5) is 0. The molecule has 0 fully saturated rings. The Bertz CT molecular complexity index is 1010. The summed E-state index contributed by atoms with van der Waals surface area (Å²) < 4.78 is 60.3. The van der Waals surface area contributed by atoms with Crippen molar-refractivity contribution < 1.29 is 20.5 Å². The third kappa shape index (κ3) is 11.6. The molecule has 2 rings (SSSR count). The molecule has 2 aromatic carbocycles. The molecular weight excluding hydrogens is 549 g/mol. The van der Waals surface area contributed by atoms with Gasteiger partial charge in [0.15, 0.2) is 0 Å². The van der Waals surface area contributed by atoms with Crippen molar-refractivity contribution >= 4 is 40.5 Å². The molecule has 2 unspecified atom stereocenters. The van der Waals surface area contributed by atoms with Crippen molar-refractivity contribution in [2.45, 2.75) is 84.2 Å². The minimum absolute atomic E-state index is 0.0682. The van der Waals surface area contributed by atoms with Crippen LogP contribution in [0.1, 0.15) is 93.4 Å². The van der Waals surface area contributed by atoms with Gasteiger partial charge in [-0.25, -0.2) is 9.44 Å². The lowest BCUT2D eigenvalue weighted by Crippen LogP contribution is -2.19. The average molecular weight is 588 g/mol. The van der Waals surface area contributed by atoms with Crippen LogP contribution in [0.4, 0.5) is 7.77 Å². The van der Waals surface area contributed by atoms with Crippen LogP contribution in [-0.2, 0) is 27.5 Å². The van der Waals surface area contributed by atoms with Crippen LogP contribution in [0.5, 0.6) is 0 Å². The summed E-state index contributed by atoms with van der Waals surface area (Å²) in [6.45, 7) is 6.83. The second kappa shape index (κ2) is 17.8. The van der Waals surface area contributed by atoms with Crippen LogP contribution in [0.15, 0.2) is 53.7 Å². The summed E-state index contributed by atoms with van der Waals surface area (Å²) in [7, 11) is -3.81. The first-order valence-electron chi connectivity index (χ1n) is 13.0. The first-order valence-corrected chi connectivity index (χ1v) is 16.0. The van der Waals surface area contributed by atoms with E-state index in [1.54, 1.807) is 0 Å². The highest BCUT2D eigenvalue weighted by molar-refractivity contribution is 7.92. The summed E-state index contributed by atoms with van der Waals surface area (Å²) in [6, 6.07) is 15.3. The molecule has 0 saturated heterocycles. The minimum atomic E-state index is -3.81. The van der Waals surface area contributed by atoms with Gasteiger partial charge in [0.25, 0.3) is 0 Å². The fourth-order valence-corrected chi connectivity index (χ4v) is 5.41. The fourth-order valence-electron chi connectivity index (χ4n) is 4.14. The van der Waals surface area contributed by atoms with E-state index in [4.69, 9.17) is 4.28 Å². The number of nitrogens with zero attached hydrogens (tertiary/aromatic N) is 1. The number of nitrogens with one attached hydrogen (secondary N) is 2. The predicted molar refractivity (Wildman–Crippen MR) is 156 cm³/mol. The summed E-state index contributed by atoms with van der Waals surface area (Å²) in [5, 5.41) is 4.22. The van der Waals surface area contributed by atoms with Crippen LogP contribution in [0.3, 0.4) is 0 Å². The lowest BCUT2D eigenvalue weighted by Gasteiger charge is -2.21. The van der Waals surface area contributed by atoms with Crippen molar-refractivity contribution in [1.29, 1.82) is 0 Å². The molecule has 2 atom stereocenters. The van der Waals surface area contributed by atoms with E-state index >= 15 is 0 Å². The summed E-state index contributed by atoms with van der Waals surface area (Å²) >= 11 is 0.143. The van der Waals surface area contributed by atoms with Gasteiger partial charge in [0.1, 0.15) is 24.7 Å². The molecule has 2 N–H and O–H groups in total. The zero-order valence-electron chi connectivity index (χ0n) is 22.3. The molecule has 0 aliphatic heterocycles. The van der Waals surface area contributed by atoms with Gasteiger partial charge in [0.05, 0.1) is 11.5 Å². The van der Waals surface area contributed by atoms with Gasteiger partial charge in [-0.2, -0.15) is 8.42 Å². The monoisotopic (exact) mass is 587 g/mol. The highest BCUT2D eigenvalue weighted by Crippen LogP contribution is 2.29. The standard InChI is InChI=1S/C27H39F2N3O3S3/c1-4-5-6-7-8-9-18-38(33,34)35-32-27(21(2)25-14-10-23(11-15-25)19-30-36-28)22(3)26-16-12-24(13-17-26)20-31-37-29/h10-17,21-22,30-31H,4-9,18-20H2,1-3H3. The molecule has 38 heavy (non-hydrogen) atoms. The molecule has 0 amide bonds. The van der Waals surface area contributed by atoms with Gasteiger partial charge in [0.2, 0.25) is 0 Å². The number of oxime groups is 1. The zero-order valence-corrected chi connectivity index (χ0v) is 24.7. The predicted octanol–water partition coefficient (Wildman–Crippen LogP) is 7.90. The van der Waals surface area contributed by atoms with Gasteiger partial charge < -0.3 is 0 Å². The van der Waals surface area contributed by atoms with Gasteiger partial charge in [0, 0.05) is 24.9 Å². The van der Waals surface area contributed by atoms with Crippen molar-refractivity contribution in [2.24, 2.45) is 5.16 Å². The Morgan fingerprint density at radius 1 is 0.816 bits per heavy atom. The fraction of sp³-hybridized carbons (Fsp3) is 0.519. The smallest absolute Gasteiger partial charge is 0.268 e. The van der Waals surface area contributed by atoms with Crippen LogP contribution < -0.4 is 9.44 Å². The Labute approximate surface area is 235 Å². The van der Waals surface area contributed by atoms with E-state index < -0.39 is 10.1 Å². The molecule has 0 aliphatic carbocycles. The molecule has 0 heterocycles. The van der Waals surface area contributed by atoms with E-state index in [-0.39, 0.29) is 42.3 Å². The van der Waals surface area contributed by atoms with Gasteiger partial charge in [-0.15, -0.1) is 7.77 Å². The third-order valence-electron chi connectivity index (χ3n) is 6.51. The van der Waals surface area contributed by atoms with Crippen molar-refractivity contribution in [3.8, 4) is 0 Å². The van der Waals surface area contributed by atoms with Crippen molar-refractivity contribution in [3.63, 3.8) is 0 Å². The number of hydrogen-bond acceptors (Lipinski definition) is 8. The SMILES string of the molecule is CCCCCCCCS(=O)(=O)ON=C(C(C)c1ccc(CNSF)cc1)C(C)c1ccc(CNSF)cc1. The highest BCUT2D eigenvalue weighted by atomic mass is 32.2. The van der Waals surface area contributed by atoms with Gasteiger partial charge in [-0.1, -0.05) is 107 Å². The maximum atomic E-state index is 12.6. The second-order valence-electron chi connectivity index (χ2n) is 9.34. The second-order valence-corrected chi connectivity index (χ2v) is 11.9. The third-order valence-corrected chi connectivity index (χ3v) is 8.11. The Balaban J connectivity index is 2.22. The normalized spacial score (nSPS) is 13.2. The van der Waals surface area contributed by atoms with Crippen LogP contribution in [0.25, 0.3) is 0 Å². The number of halogens is 2. The lowest BCUT2D eigenvalue weighted by molar-refractivity contribution is 0.334. The maximum Gasteiger partial charge on any atom is 0.328 e. The molecule has 0 saturated carbocycles. The molecule has 0 bridgehead atoms. The van der Waals surface area contributed by atoms with Crippen molar-refractivity contribution in [1.82, 2.24) is 9.44 Å². The maximum absolute atomic E-state index is 12.6. The highest BCUT2D eigenvalue weighted by Gasteiger charge is 2.24. The van der Waals surface area contributed by atoms with Crippen LogP contribution in [0.2, 0.25) is 0 Å². The average Bonchev–Trinajstić information content (AvgIpc) is 2.93. The first-order chi connectivity index (χ1) is 18.3. The van der Waals surface area contributed by atoms with Gasteiger partial charge >= 0.3 is 10.1 Å². The summed E-state index contributed by atoms with van der Waals surface area (Å²) in [6.07, 6.45) is 5.80.